The smallest absolute Gasteiger partial charge is 0.342 e. The molecular formula is C17H17ClN2O6. The zero-order chi connectivity index (χ0) is 19.6. The highest BCUT2D eigenvalue weighted by Gasteiger charge is 2.28. The number of H-pyrrole nitrogens is 1. The number of anilines is 1. The molecule has 8 nitrogen and oxygen atoms in total. The maximum atomic E-state index is 12.1. The highest BCUT2D eigenvalue weighted by atomic mass is 35.5. The number of carboxylic acid groups (broad SMARTS) is 2. The van der Waals surface area contributed by atoms with E-state index in [4.69, 9.17) is 22.1 Å². The number of nitrogens with two attached hydrogens (primary N) is 1. The molecule has 0 spiro atoms. The SMILES string of the molecule is CC(C)COc1ccc(Cl)cc1-c1c(C(=O)O)c(N)[nH]c(=O)c1C(=O)O. The molecule has 0 amide bonds. The molecule has 1 aromatic carbocycles. The number of hydrogen-bond donors (Lipinski definition) is 4. The van der Waals surface area contributed by atoms with Crippen molar-refractivity contribution in [3.63, 3.8) is 0 Å². The molecule has 1 aromatic heterocycles. The Balaban J connectivity index is 2.91. The van der Waals surface area contributed by atoms with Crippen LogP contribution in [0.3, 0.4) is 0 Å². The zero-order valence-electron chi connectivity index (χ0n) is 14.0. The van der Waals surface area contributed by atoms with Gasteiger partial charge in [0.1, 0.15) is 22.7 Å². The lowest BCUT2D eigenvalue weighted by molar-refractivity contribution is 0.0695. The van der Waals surface area contributed by atoms with E-state index in [-0.39, 0.29) is 34.4 Å². The molecule has 138 valence electrons. The first-order chi connectivity index (χ1) is 12.1. The van der Waals surface area contributed by atoms with Crippen LogP contribution in [-0.4, -0.2) is 33.7 Å². The van der Waals surface area contributed by atoms with Crippen molar-refractivity contribution in [2.45, 2.75) is 13.8 Å². The number of aromatic carboxylic acids is 2. The Hall–Kier alpha value is -3.00. The average Bonchev–Trinajstić information content (AvgIpc) is 2.51. The summed E-state index contributed by atoms with van der Waals surface area (Å²) >= 11 is 6.01. The van der Waals surface area contributed by atoms with Gasteiger partial charge in [0.2, 0.25) is 0 Å². The summed E-state index contributed by atoms with van der Waals surface area (Å²) in [4.78, 5) is 37.5. The highest BCUT2D eigenvalue weighted by Crippen LogP contribution is 2.37. The number of carbonyl (C=O) groups is 2. The van der Waals surface area contributed by atoms with Crippen LogP contribution in [0.5, 0.6) is 5.75 Å². The van der Waals surface area contributed by atoms with Gasteiger partial charge in [0, 0.05) is 16.1 Å². The number of pyridine rings is 1. The fraction of sp³-hybridized carbons (Fsp3) is 0.235. The third-order valence-electron chi connectivity index (χ3n) is 3.46. The molecule has 0 aliphatic carbocycles. The molecule has 0 radical (unpaired) electrons. The highest BCUT2D eigenvalue weighted by molar-refractivity contribution is 6.31. The summed E-state index contributed by atoms with van der Waals surface area (Å²) in [6, 6.07) is 4.33. The van der Waals surface area contributed by atoms with Crippen LogP contribution >= 0.6 is 11.6 Å². The number of aromatic nitrogens is 1. The molecule has 0 unspecified atom stereocenters. The van der Waals surface area contributed by atoms with Crippen LogP contribution in [0.2, 0.25) is 5.02 Å². The first-order valence-electron chi connectivity index (χ1n) is 7.58. The molecule has 2 aromatic rings. The van der Waals surface area contributed by atoms with Gasteiger partial charge in [-0.1, -0.05) is 25.4 Å². The molecule has 0 saturated carbocycles. The fourth-order valence-electron chi connectivity index (χ4n) is 2.40. The van der Waals surface area contributed by atoms with Gasteiger partial charge in [0.15, 0.2) is 0 Å². The Morgan fingerprint density at radius 2 is 1.85 bits per heavy atom. The van der Waals surface area contributed by atoms with Crippen molar-refractivity contribution in [3.05, 3.63) is 44.7 Å². The Bertz CT molecular complexity index is 936. The van der Waals surface area contributed by atoms with Gasteiger partial charge in [0.05, 0.1) is 6.61 Å². The largest absolute Gasteiger partial charge is 0.493 e. The molecule has 0 bridgehead atoms. The maximum Gasteiger partial charge on any atom is 0.342 e. The van der Waals surface area contributed by atoms with E-state index in [0.29, 0.717) is 0 Å². The van der Waals surface area contributed by atoms with Crippen LogP contribution in [-0.2, 0) is 0 Å². The Kier molecular flexibility index (Phi) is 5.56. The van der Waals surface area contributed by atoms with Gasteiger partial charge < -0.3 is 25.7 Å². The van der Waals surface area contributed by atoms with Gasteiger partial charge >= 0.3 is 11.9 Å². The van der Waals surface area contributed by atoms with Gasteiger partial charge in [-0.3, -0.25) is 4.79 Å². The number of aromatic amines is 1. The Morgan fingerprint density at radius 1 is 1.23 bits per heavy atom. The minimum absolute atomic E-state index is 0.0609. The maximum absolute atomic E-state index is 12.1. The van der Waals surface area contributed by atoms with E-state index in [1.54, 1.807) is 0 Å². The van der Waals surface area contributed by atoms with Gasteiger partial charge in [-0.2, -0.15) is 0 Å². The number of nitrogens with one attached hydrogen (secondary N) is 1. The van der Waals surface area contributed by atoms with Gasteiger partial charge in [-0.05, 0) is 24.1 Å². The fourth-order valence-corrected chi connectivity index (χ4v) is 2.57. The minimum Gasteiger partial charge on any atom is -0.493 e. The number of nitrogen functional groups attached to an aromatic ring is 1. The summed E-state index contributed by atoms with van der Waals surface area (Å²) in [5, 5.41) is 19.2. The average molecular weight is 381 g/mol. The van der Waals surface area contributed by atoms with Crippen LogP contribution in [0.15, 0.2) is 23.0 Å². The number of ether oxygens (including phenoxy) is 1. The lowest BCUT2D eigenvalue weighted by atomic mass is 9.94. The predicted octanol–water partition coefficient (Wildman–Crippen LogP) is 2.71. The summed E-state index contributed by atoms with van der Waals surface area (Å²) < 4.78 is 5.66. The van der Waals surface area contributed by atoms with Crippen molar-refractivity contribution >= 4 is 29.4 Å². The number of rotatable bonds is 6. The first-order valence-corrected chi connectivity index (χ1v) is 7.96. The second-order valence-corrected chi connectivity index (χ2v) is 6.38. The van der Waals surface area contributed by atoms with Gasteiger partial charge in [-0.15, -0.1) is 0 Å². The van der Waals surface area contributed by atoms with E-state index >= 15 is 0 Å². The standard InChI is InChI=1S/C17H17ClN2O6/c1-7(2)6-26-10-4-3-8(18)5-9(10)11-12(16(22)23)14(19)20-15(21)13(11)17(24)25/h3-5,7H,6H2,1-2H3,(H,22,23)(H,24,25)(H3,19,20,21). The van der Waals surface area contributed by atoms with Crippen molar-refractivity contribution < 1.29 is 24.5 Å². The summed E-state index contributed by atoms with van der Waals surface area (Å²) in [6.45, 7) is 4.11. The molecule has 1 heterocycles. The van der Waals surface area contributed by atoms with Crippen LogP contribution in [0.1, 0.15) is 34.6 Å². The van der Waals surface area contributed by atoms with E-state index in [1.807, 2.05) is 13.8 Å². The van der Waals surface area contributed by atoms with E-state index in [9.17, 15) is 24.6 Å². The number of hydrogen-bond acceptors (Lipinski definition) is 5. The summed E-state index contributed by atoms with van der Waals surface area (Å²) in [7, 11) is 0. The summed E-state index contributed by atoms with van der Waals surface area (Å²) in [5.41, 5.74) is 3.02. The summed E-state index contributed by atoms with van der Waals surface area (Å²) in [6.07, 6.45) is 0. The molecule has 0 aliphatic heterocycles. The van der Waals surface area contributed by atoms with E-state index in [1.165, 1.54) is 18.2 Å². The van der Waals surface area contributed by atoms with Gasteiger partial charge in [0.25, 0.3) is 5.56 Å². The molecule has 0 atom stereocenters. The van der Waals surface area contributed by atoms with Crippen molar-refractivity contribution in [1.29, 1.82) is 0 Å². The molecule has 0 saturated heterocycles. The number of halogens is 1. The van der Waals surface area contributed by atoms with E-state index < -0.39 is 34.4 Å². The summed E-state index contributed by atoms with van der Waals surface area (Å²) in [5.74, 6) is -3.21. The van der Waals surface area contributed by atoms with Crippen LogP contribution in [0, 0.1) is 5.92 Å². The van der Waals surface area contributed by atoms with E-state index in [2.05, 4.69) is 4.98 Å². The first kappa shape index (κ1) is 19.3. The van der Waals surface area contributed by atoms with Crippen molar-refractivity contribution in [1.82, 2.24) is 4.98 Å². The molecular weight excluding hydrogens is 364 g/mol. The minimum atomic E-state index is -1.60. The van der Waals surface area contributed by atoms with Crippen LogP contribution in [0.25, 0.3) is 11.1 Å². The molecule has 5 N–H and O–H groups in total. The van der Waals surface area contributed by atoms with Crippen molar-refractivity contribution in [3.8, 4) is 16.9 Å². The Labute approximate surface area is 153 Å². The second kappa shape index (κ2) is 7.49. The van der Waals surface area contributed by atoms with Crippen molar-refractivity contribution in [2.75, 3.05) is 12.3 Å². The predicted molar refractivity (Wildman–Crippen MR) is 96.2 cm³/mol. The van der Waals surface area contributed by atoms with E-state index in [0.717, 1.165) is 0 Å². The van der Waals surface area contributed by atoms with Crippen LogP contribution in [0.4, 0.5) is 5.82 Å². The molecule has 0 fully saturated rings. The number of benzene rings is 1. The van der Waals surface area contributed by atoms with Crippen molar-refractivity contribution in [2.24, 2.45) is 5.92 Å². The van der Waals surface area contributed by atoms with Crippen LogP contribution < -0.4 is 16.0 Å². The zero-order valence-corrected chi connectivity index (χ0v) is 14.8. The molecule has 26 heavy (non-hydrogen) atoms. The molecule has 2 rings (SSSR count). The topological polar surface area (TPSA) is 143 Å². The third kappa shape index (κ3) is 3.80. The molecule has 9 heteroatoms. The van der Waals surface area contributed by atoms with Gasteiger partial charge in [-0.25, -0.2) is 9.59 Å². The third-order valence-corrected chi connectivity index (χ3v) is 3.69. The quantitative estimate of drug-likeness (QED) is 0.603. The second-order valence-electron chi connectivity index (χ2n) is 5.95. The normalized spacial score (nSPS) is 10.8. The monoisotopic (exact) mass is 380 g/mol. The Morgan fingerprint density at radius 3 is 2.38 bits per heavy atom. The lowest BCUT2D eigenvalue weighted by Crippen LogP contribution is -2.24. The molecule has 0 aliphatic rings. The lowest BCUT2D eigenvalue weighted by Gasteiger charge is -2.17. The number of carboxylic acids is 2.